The summed E-state index contributed by atoms with van der Waals surface area (Å²) in [6.45, 7) is 0. The van der Waals surface area contributed by atoms with Crippen molar-refractivity contribution in [3.8, 4) is 0 Å². The van der Waals surface area contributed by atoms with Crippen LogP contribution in [0.5, 0.6) is 0 Å². The maximum Gasteiger partial charge on any atom is 0.309 e. The Kier molecular flexibility index (Phi) is 2.36. The van der Waals surface area contributed by atoms with Gasteiger partial charge in [-0.25, -0.2) is 0 Å². The average molecular weight is 225 g/mol. The first-order valence-corrected chi connectivity index (χ1v) is 4.78. The topological polar surface area (TPSA) is 55.1 Å². The van der Waals surface area contributed by atoms with Gasteiger partial charge in [0, 0.05) is 17.5 Å². The van der Waals surface area contributed by atoms with Gasteiger partial charge in [-0.1, -0.05) is 11.6 Å². The van der Waals surface area contributed by atoms with Gasteiger partial charge in [-0.15, -0.1) is 0 Å². The number of halogens is 1. The van der Waals surface area contributed by atoms with E-state index in [1.165, 1.54) is 0 Å². The third-order valence-electron chi connectivity index (χ3n) is 2.21. The van der Waals surface area contributed by atoms with Gasteiger partial charge in [0.1, 0.15) is 0 Å². The highest BCUT2D eigenvalue weighted by molar-refractivity contribution is 6.31. The van der Waals surface area contributed by atoms with Crippen molar-refractivity contribution in [3.63, 3.8) is 0 Å². The Labute approximate surface area is 91.1 Å². The molecular weight excluding hydrogens is 216 g/mol. The SMILES string of the molecule is Cn1nc(CC(=O)O)c2ccc(Cl)cc21. The molecule has 0 fully saturated rings. The summed E-state index contributed by atoms with van der Waals surface area (Å²) in [7, 11) is 1.77. The molecule has 2 aromatic rings. The zero-order valence-electron chi connectivity index (χ0n) is 8.07. The average Bonchev–Trinajstić information content (AvgIpc) is 2.42. The normalized spacial score (nSPS) is 10.8. The molecule has 0 unspecified atom stereocenters. The molecule has 2 rings (SSSR count). The minimum absolute atomic E-state index is 0.0705. The molecular formula is C10H9ClN2O2. The maximum atomic E-state index is 10.6. The van der Waals surface area contributed by atoms with Crippen molar-refractivity contribution in [2.24, 2.45) is 7.05 Å². The Balaban J connectivity index is 2.62. The highest BCUT2D eigenvalue weighted by Crippen LogP contribution is 2.22. The first kappa shape index (κ1) is 9.98. The summed E-state index contributed by atoms with van der Waals surface area (Å²) in [5, 5.41) is 14.3. The van der Waals surface area contributed by atoms with E-state index in [-0.39, 0.29) is 6.42 Å². The van der Waals surface area contributed by atoms with Crippen molar-refractivity contribution in [2.45, 2.75) is 6.42 Å². The van der Waals surface area contributed by atoms with Gasteiger partial charge in [0.05, 0.1) is 17.6 Å². The fourth-order valence-corrected chi connectivity index (χ4v) is 1.75. The van der Waals surface area contributed by atoms with Crippen LogP contribution in [-0.4, -0.2) is 20.9 Å². The highest BCUT2D eigenvalue weighted by atomic mass is 35.5. The van der Waals surface area contributed by atoms with Crippen LogP contribution in [0.2, 0.25) is 5.02 Å². The van der Waals surface area contributed by atoms with E-state index in [0.717, 1.165) is 10.9 Å². The predicted octanol–water partition coefficient (Wildman–Crippen LogP) is 1.85. The third-order valence-corrected chi connectivity index (χ3v) is 2.44. The van der Waals surface area contributed by atoms with Crippen LogP contribution >= 0.6 is 11.6 Å². The summed E-state index contributed by atoms with van der Waals surface area (Å²) < 4.78 is 1.64. The Morgan fingerprint density at radius 1 is 1.60 bits per heavy atom. The fraction of sp³-hybridized carbons (Fsp3) is 0.200. The molecule has 0 bridgehead atoms. The standard InChI is InChI=1S/C10H9ClN2O2/c1-13-9-4-6(11)2-3-7(9)8(12-13)5-10(14)15/h2-4H,5H2,1H3,(H,14,15). The van der Waals surface area contributed by atoms with Gasteiger partial charge >= 0.3 is 5.97 Å². The quantitative estimate of drug-likeness (QED) is 0.847. The van der Waals surface area contributed by atoms with Gasteiger partial charge in [-0.2, -0.15) is 5.10 Å². The third kappa shape index (κ3) is 1.80. The number of carbonyl (C=O) groups is 1. The molecule has 0 aliphatic carbocycles. The number of nitrogens with zero attached hydrogens (tertiary/aromatic N) is 2. The zero-order valence-corrected chi connectivity index (χ0v) is 8.82. The predicted molar refractivity (Wildman–Crippen MR) is 57.1 cm³/mol. The number of aliphatic carboxylic acids is 1. The maximum absolute atomic E-state index is 10.6. The summed E-state index contributed by atoms with van der Waals surface area (Å²) >= 11 is 5.85. The summed E-state index contributed by atoms with van der Waals surface area (Å²) in [6.07, 6.45) is -0.0705. The van der Waals surface area contributed by atoms with Gasteiger partial charge in [0.15, 0.2) is 0 Å². The molecule has 0 saturated carbocycles. The Morgan fingerprint density at radius 2 is 2.33 bits per heavy atom. The largest absolute Gasteiger partial charge is 0.481 e. The summed E-state index contributed by atoms with van der Waals surface area (Å²) in [6, 6.07) is 5.30. The lowest BCUT2D eigenvalue weighted by Gasteiger charge is -1.94. The minimum atomic E-state index is -0.884. The second-order valence-corrected chi connectivity index (χ2v) is 3.74. The molecule has 0 amide bonds. The lowest BCUT2D eigenvalue weighted by Crippen LogP contribution is -2.01. The molecule has 78 valence electrons. The van der Waals surface area contributed by atoms with E-state index in [0.29, 0.717) is 10.7 Å². The summed E-state index contributed by atoms with van der Waals surface area (Å²) in [5.74, 6) is -0.884. The van der Waals surface area contributed by atoms with Crippen molar-refractivity contribution in [3.05, 3.63) is 28.9 Å². The molecule has 1 aromatic carbocycles. The monoisotopic (exact) mass is 224 g/mol. The number of aromatic nitrogens is 2. The summed E-state index contributed by atoms with van der Waals surface area (Å²) in [4.78, 5) is 10.6. The molecule has 0 spiro atoms. The van der Waals surface area contributed by atoms with Gasteiger partial charge in [0.2, 0.25) is 0 Å². The number of hydrogen-bond acceptors (Lipinski definition) is 2. The van der Waals surface area contributed by atoms with Gasteiger partial charge in [0.25, 0.3) is 0 Å². The Bertz CT molecular complexity index is 533. The van der Waals surface area contributed by atoms with Crippen LogP contribution in [0, 0.1) is 0 Å². The zero-order chi connectivity index (χ0) is 11.0. The molecule has 1 aromatic heterocycles. The number of benzene rings is 1. The van der Waals surface area contributed by atoms with E-state index in [2.05, 4.69) is 5.10 Å². The number of carboxylic acid groups (broad SMARTS) is 1. The molecule has 15 heavy (non-hydrogen) atoms. The van der Waals surface area contributed by atoms with Crippen LogP contribution in [0.25, 0.3) is 10.9 Å². The van der Waals surface area contributed by atoms with Gasteiger partial charge in [-0.3, -0.25) is 9.48 Å². The lowest BCUT2D eigenvalue weighted by atomic mass is 10.2. The van der Waals surface area contributed by atoms with Crippen molar-refractivity contribution in [2.75, 3.05) is 0 Å². The van der Waals surface area contributed by atoms with Crippen LogP contribution in [0.4, 0.5) is 0 Å². The van der Waals surface area contributed by atoms with Crippen molar-refractivity contribution >= 4 is 28.5 Å². The van der Waals surface area contributed by atoms with Crippen LogP contribution < -0.4 is 0 Å². The number of aryl methyl sites for hydroxylation is 1. The second kappa shape index (κ2) is 3.55. The van der Waals surface area contributed by atoms with Crippen LogP contribution in [0.1, 0.15) is 5.69 Å². The van der Waals surface area contributed by atoms with Crippen LogP contribution in [0.15, 0.2) is 18.2 Å². The molecule has 5 heteroatoms. The fourth-order valence-electron chi connectivity index (χ4n) is 1.58. The Morgan fingerprint density at radius 3 is 3.00 bits per heavy atom. The van der Waals surface area contributed by atoms with E-state index in [4.69, 9.17) is 16.7 Å². The number of hydrogen-bond donors (Lipinski definition) is 1. The van der Waals surface area contributed by atoms with E-state index in [9.17, 15) is 4.79 Å². The smallest absolute Gasteiger partial charge is 0.309 e. The first-order valence-electron chi connectivity index (χ1n) is 4.41. The first-order chi connectivity index (χ1) is 7.08. The van der Waals surface area contributed by atoms with Crippen LogP contribution in [0.3, 0.4) is 0 Å². The van der Waals surface area contributed by atoms with Crippen molar-refractivity contribution in [1.29, 1.82) is 0 Å². The molecule has 0 radical (unpaired) electrons. The van der Waals surface area contributed by atoms with E-state index >= 15 is 0 Å². The second-order valence-electron chi connectivity index (χ2n) is 3.30. The number of carboxylic acids is 1. The molecule has 0 aliphatic heterocycles. The number of fused-ring (bicyclic) bond motifs is 1. The van der Waals surface area contributed by atoms with E-state index in [1.807, 2.05) is 0 Å². The molecule has 4 nitrogen and oxygen atoms in total. The van der Waals surface area contributed by atoms with Crippen LogP contribution in [-0.2, 0) is 18.3 Å². The van der Waals surface area contributed by atoms with Crippen molar-refractivity contribution < 1.29 is 9.90 Å². The molecule has 1 heterocycles. The van der Waals surface area contributed by atoms with E-state index in [1.54, 1.807) is 29.9 Å². The minimum Gasteiger partial charge on any atom is -0.481 e. The molecule has 1 N–H and O–H groups in total. The summed E-state index contributed by atoms with van der Waals surface area (Å²) in [5.41, 5.74) is 1.41. The van der Waals surface area contributed by atoms with Crippen molar-refractivity contribution in [1.82, 2.24) is 9.78 Å². The number of rotatable bonds is 2. The molecule has 0 atom stereocenters. The lowest BCUT2D eigenvalue weighted by molar-refractivity contribution is -0.136. The molecule has 0 saturated heterocycles. The van der Waals surface area contributed by atoms with Gasteiger partial charge < -0.3 is 5.11 Å². The van der Waals surface area contributed by atoms with E-state index < -0.39 is 5.97 Å². The van der Waals surface area contributed by atoms with Gasteiger partial charge in [-0.05, 0) is 18.2 Å². The highest BCUT2D eigenvalue weighted by Gasteiger charge is 2.11. The Hall–Kier alpha value is -1.55. The molecule has 0 aliphatic rings.